The normalized spacial score (nSPS) is 19.8. The molecule has 2 aliphatic rings. The van der Waals surface area contributed by atoms with E-state index in [0.717, 1.165) is 25.9 Å². The predicted molar refractivity (Wildman–Crippen MR) is 97.0 cm³/mol. The number of ether oxygens (including phenoxy) is 1. The van der Waals surface area contributed by atoms with Crippen molar-refractivity contribution in [1.82, 2.24) is 19.8 Å². The Kier molecular flexibility index (Phi) is 6.58. The summed E-state index contributed by atoms with van der Waals surface area (Å²) in [6.07, 6.45) is 5.15. The molecule has 2 aliphatic heterocycles. The van der Waals surface area contributed by atoms with E-state index < -0.39 is 15.9 Å². The van der Waals surface area contributed by atoms with Gasteiger partial charge in [0, 0.05) is 38.6 Å². The fourth-order valence-electron chi connectivity index (χ4n) is 3.36. The molecule has 150 valence electrons. The molecular formula is C16H25N5O5S. The third-order valence-corrected chi connectivity index (χ3v) is 6.95. The molecule has 2 fully saturated rings. The minimum Gasteiger partial charge on any atom is -0.379 e. The summed E-state index contributed by atoms with van der Waals surface area (Å²) in [5.74, 6) is 0.418. The van der Waals surface area contributed by atoms with Gasteiger partial charge < -0.3 is 9.64 Å². The maximum atomic E-state index is 12.4. The van der Waals surface area contributed by atoms with E-state index in [-0.39, 0.29) is 11.3 Å². The average molecular weight is 399 g/mol. The number of anilines is 1. The van der Waals surface area contributed by atoms with E-state index in [4.69, 9.17) is 9.94 Å². The highest BCUT2D eigenvalue weighted by Crippen LogP contribution is 2.24. The summed E-state index contributed by atoms with van der Waals surface area (Å²) in [6, 6.07) is 0. The Morgan fingerprint density at radius 1 is 1.19 bits per heavy atom. The maximum absolute atomic E-state index is 12.4. The molecule has 0 spiro atoms. The maximum Gasteiger partial charge on any atom is 0.277 e. The van der Waals surface area contributed by atoms with Crippen molar-refractivity contribution in [3.05, 3.63) is 18.0 Å². The second-order valence-corrected chi connectivity index (χ2v) is 8.85. The fraction of sp³-hybridized carbons (Fsp3) is 0.688. The highest BCUT2D eigenvalue weighted by atomic mass is 32.2. The molecule has 3 rings (SSSR count). The minimum absolute atomic E-state index is 0.180. The lowest BCUT2D eigenvalue weighted by Gasteiger charge is -2.32. The van der Waals surface area contributed by atoms with Gasteiger partial charge in [-0.05, 0) is 25.2 Å². The van der Waals surface area contributed by atoms with Crippen LogP contribution in [-0.4, -0.2) is 79.0 Å². The average Bonchev–Trinajstić information content (AvgIpc) is 2.73. The van der Waals surface area contributed by atoms with Crippen LogP contribution in [0.2, 0.25) is 0 Å². The summed E-state index contributed by atoms with van der Waals surface area (Å²) in [5.41, 5.74) is 1.73. The number of amides is 1. The van der Waals surface area contributed by atoms with Crippen LogP contribution in [0.1, 0.15) is 29.6 Å². The second kappa shape index (κ2) is 8.91. The van der Waals surface area contributed by atoms with Crippen molar-refractivity contribution in [2.24, 2.45) is 5.92 Å². The number of carbonyl (C=O) groups excluding carboxylic acids is 1. The van der Waals surface area contributed by atoms with E-state index in [9.17, 15) is 13.2 Å². The van der Waals surface area contributed by atoms with Gasteiger partial charge in [0.05, 0.1) is 24.5 Å². The number of hydrogen-bond donors (Lipinski definition) is 2. The van der Waals surface area contributed by atoms with Crippen molar-refractivity contribution in [2.45, 2.75) is 19.3 Å². The number of piperidine rings is 1. The Labute approximate surface area is 158 Å². The lowest BCUT2D eigenvalue weighted by molar-refractivity contribution is 0.0705. The van der Waals surface area contributed by atoms with Gasteiger partial charge in [-0.15, -0.1) is 0 Å². The lowest BCUT2D eigenvalue weighted by atomic mass is 9.94. The van der Waals surface area contributed by atoms with Gasteiger partial charge in [-0.1, -0.05) is 0 Å². The molecule has 0 unspecified atom stereocenters. The zero-order valence-corrected chi connectivity index (χ0v) is 15.9. The molecule has 0 radical (unpaired) electrons. The molecule has 0 aliphatic carbocycles. The SMILES string of the molecule is O=C(NO)c1cnc(N2CCC(CCS(=O)(=O)N3CCOCC3)CC2)nc1. The second-order valence-electron chi connectivity index (χ2n) is 6.76. The molecule has 0 atom stereocenters. The van der Waals surface area contributed by atoms with Crippen LogP contribution >= 0.6 is 0 Å². The molecule has 2 saturated heterocycles. The van der Waals surface area contributed by atoms with Crippen LogP contribution in [0.4, 0.5) is 5.95 Å². The standard InChI is InChI=1S/C16H25N5O5S/c22-15(19-23)14-11-17-16(18-12-14)20-4-1-13(2-5-20)3-10-27(24,25)21-6-8-26-9-7-21/h11-13,23H,1-10H2,(H,19,22). The number of rotatable bonds is 6. The number of nitrogens with zero attached hydrogens (tertiary/aromatic N) is 4. The zero-order valence-electron chi connectivity index (χ0n) is 15.1. The highest BCUT2D eigenvalue weighted by molar-refractivity contribution is 7.89. The van der Waals surface area contributed by atoms with Gasteiger partial charge in [-0.2, -0.15) is 4.31 Å². The number of carbonyl (C=O) groups is 1. The van der Waals surface area contributed by atoms with Crippen molar-refractivity contribution in [2.75, 3.05) is 50.0 Å². The van der Waals surface area contributed by atoms with Gasteiger partial charge in [-0.25, -0.2) is 23.9 Å². The Hall–Kier alpha value is -1.82. The number of hydrogen-bond acceptors (Lipinski definition) is 8. The van der Waals surface area contributed by atoms with Crippen LogP contribution in [0.25, 0.3) is 0 Å². The summed E-state index contributed by atoms with van der Waals surface area (Å²) in [7, 11) is -3.21. The van der Waals surface area contributed by atoms with Crippen molar-refractivity contribution in [3.8, 4) is 0 Å². The molecule has 0 saturated carbocycles. The Morgan fingerprint density at radius 3 is 2.41 bits per heavy atom. The molecule has 2 N–H and O–H groups in total. The first-order valence-corrected chi connectivity index (χ1v) is 10.7. The van der Waals surface area contributed by atoms with Crippen LogP contribution in [0.5, 0.6) is 0 Å². The first-order valence-electron chi connectivity index (χ1n) is 9.06. The third kappa shape index (κ3) is 5.12. The van der Waals surface area contributed by atoms with Crippen molar-refractivity contribution < 1.29 is 23.2 Å². The largest absolute Gasteiger partial charge is 0.379 e. The summed E-state index contributed by atoms with van der Waals surface area (Å²) < 4.78 is 31.6. The van der Waals surface area contributed by atoms with E-state index in [1.54, 1.807) is 5.48 Å². The van der Waals surface area contributed by atoms with Crippen molar-refractivity contribution in [3.63, 3.8) is 0 Å². The molecule has 1 amide bonds. The number of aromatic nitrogens is 2. The summed E-state index contributed by atoms with van der Waals surface area (Å²) in [4.78, 5) is 21.7. The van der Waals surface area contributed by atoms with E-state index in [2.05, 4.69) is 9.97 Å². The Balaban J connectivity index is 1.46. The summed E-state index contributed by atoms with van der Waals surface area (Å²) in [5, 5.41) is 8.61. The van der Waals surface area contributed by atoms with Crippen LogP contribution in [0, 0.1) is 5.92 Å². The van der Waals surface area contributed by atoms with Crippen molar-refractivity contribution in [1.29, 1.82) is 0 Å². The van der Waals surface area contributed by atoms with Gasteiger partial charge in [0.2, 0.25) is 16.0 Å². The molecule has 27 heavy (non-hydrogen) atoms. The van der Waals surface area contributed by atoms with Crippen LogP contribution in [-0.2, 0) is 14.8 Å². The molecule has 1 aromatic rings. The van der Waals surface area contributed by atoms with Gasteiger partial charge >= 0.3 is 0 Å². The predicted octanol–water partition coefficient (Wildman–Crippen LogP) is -0.136. The summed E-state index contributed by atoms with van der Waals surface area (Å²) >= 11 is 0. The van der Waals surface area contributed by atoms with Gasteiger partial charge in [0.15, 0.2) is 0 Å². The third-order valence-electron chi connectivity index (χ3n) is 5.05. The summed E-state index contributed by atoms with van der Waals surface area (Å²) in [6.45, 7) is 3.32. The first kappa shape index (κ1) is 19.9. The number of sulfonamides is 1. The fourth-order valence-corrected chi connectivity index (χ4v) is 4.95. The van der Waals surface area contributed by atoms with E-state index in [1.807, 2.05) is 4.90 Å². The topological polar surface area (TPSA) is 125 Å². The molecule has 3 heterocycles. The number of hydroxylamine groups is 1. The molecule has 0 aromatic carbocycles. The Bertz CT molecular complexity index is 728. The molecular weight excluding hydrogens is 374 g/mol. The smallest absolute Gasteiger partial charge is 0.277 e. The molecule has 0 bridgehead atoms. The van der Waals surface area contributed by atoms with Gasteiger partial charge in [-0.3, -0.25) is 10.0 Å². The number of nitrogens with one attached hydrogen (secondary N) is 1. The van der Waals surface area contributed by atoms with Crippen molar-refractivity contribution >= 4 is 21.9 Å². The quantitative estimate of drug-likeness (QED) is 0.500. The first-order chi connectivity index (χ1) is 13.0. The van der Waals surface area contributed by atoms with E-state index in [0.29, 0.717) is 44.6 Å². The van der Waals surface area contributed by atoms with Gasteiger partial charge in [0.25, 0.3) is 5.91 Å². The van der Waals surface area contributed by atoms with Crippen LogP contribution in [0.15, 0.2) is 12.4 Å². The molecule has 10 nitrogen and oxygen atoms in total. The monoisotopic (exact) mass is 399 g/mol. The van der Waals surface area contributed by atoms with E-state index >= 15 is 0 Å². The minimum atomic E-state index is -3.21. The van der Waals surface area contributed by atoms with Gasteiger partial charge in [0.1, 0.15) is 0 Å². The number of morpholine rings is 1. The van der Waals surface area contributed by atoms with E-state index in [1.165, 1.54) is 16.7 Å². The van der Waals surface area contributed by atoms with Crippen LogP contribution < -0.4 is 10.4 Å². The molecule has 11 heteroatoms. The zero-order chi connectivity index (χ0) is 19.3. The lowest BCUT2D eigenvalue weighted by Crippen LogP contribution is -2.42. The Morgan fingerprint density at radius 2 is 1.81 bits per heavy atom. The van der Waals surface area contributed by atoms with Crippen LogP contribution in [0.3, 0.4) is 0 Å². The molecule has 1 aromatic heterocycles. The highest BCUT2D eigenvalue weighted by Gasteiger charge is 2.27.